The molecule has 4 nitrogen and oxygen atoms in total. The van der Waals surface area contributed by atoms with E-state index in [0.29, 0.717) is 10.7 Å². The maximum absolute atomic E-state index is 12.7. The Bertz CT molecular complexity index is 1340. The fourth-order valence-corrected chi connectivity index (χ4v) is 4.23. The summed E-state index contributed by atoms with van der Waals surface area (Å²) in [7, 11) is 0. The number of nitrogens with zero attached hydrogens (tertiary/aromatic N) is 2. The molecule has 0 fully saturated rings. The van der Waals surface area contributed by atoms with E-state index in [1.807, 2.05) is 55.5 Å². The van der Waals surface area contributed by atoms with Gasteiger partial charge in [0.15, 0.2) is 5.13 Å². The molecule has 2 heterocycles. The van der Waals surface area contributed by atoms with Crippen LogP contribution in [0.3, 0.4) is 0 Å². The van der Waals surface area contributed by atoms with Gasteiger partial charge in [0.25, 0.3) is 5.91 Å². The highest BCUT2D eigenvalue weighted by molar-refractivity contribution is 7.23. The highest BCUT2D eigenvalue weighted by Gasteiger charge is 2.12. The van der Waals surface area contributed by atoms with E-state index in [-0.39, 0.29) is 5.91 Å². The number of pyridine rings is 1. The van der Waals surface area contributed by atoms with Crippen LogP contribution in [0.1, 0.15) is 16.1 Å². The van der Waals surface area contributed by atoms with Crippen molar-refractivity contribution in [3.8, 4) is 0 Å². The van der Waals surface area contributed by atoms with Crippen LogP contribution in [0.5, 0.6) is 0 Å². The van der Waals surface area contributed by atoms with Gasteiger partial charge in [0.2, 0.25) is 0 Å². The van der Waals surface area contributed by atoms with Crippen LogP contribution < -0.4 is 5.32 Å². The predicted molar refractivity (Wildman–Crippen MR) is 112 cm³/mol. The molecule has 0 unspecified atom stereocenters. The molecule has 5 heteroatoms. The third kappa shape index (κ3) is 2.82. The number of aryl methyl sites for hydroxylation is 1. The SMILES string of the molecule is Cc1ccc2ccc(C(=O)Nc3nc4ccc5ccccc5c4s3)cc2n1. The number of hydrogen-bond acceptors (Lipinski definition) is 4. The summed E-state index contributed by atoms with van der Waals surface area (Å²) in [4.78, 5) is 21.8. The lowest BCUT2D eigenvalue weighted by atomic mass is 10.1. The minimum atomic E-state index is -0.177. The fraction of sp³-hybridized carbons (Fsp3) is 0.0455. The van der Waals surface area contributed by atoms with Crippen LogP contribution in [0.4, 0.5) is 5.13 Å². The highest BCUT2D eigenvalue weighted by Crippen LogP contribution is 2.32. The molecule has 0 aliphatic carbocycles. The zero-order valence-electron chi connectivity index (χ0n) is 14.6. The molecule has 1 N–H and O–H groups in total. The molecule has 27 heavy (non-hydrogen) atoms. The van der Waals surface area contributed by atoms with Gasteiger partial charge >= 0.3 is 0 Å². The van der Waals surface area contributed by atoms with Crippen LogP contribution in [0.2, 0.25) is 0 Å². The topological polar surface area (TPSA) is 54.9 Å². The van der Waals surface area contributed by atoms with Gasteiger partial charge in [0.1, 0.15) is 0 Å². The Labute approximate surface area is 159 Å². The number of benzene rings is 3. The van der Waals surface area contributed by atoms with Gasteiger partial charge in [0.05, 0.1) is 15.7 Å². The molecular formula is C22H15N3OS. The number of carbonyl (C=O) groups is 1. The van der Waals surface area contributed by atoms with Crippen molar-refractivity contribution < 1.29 is 4.79 Å². The summed E-state index contributed by atoms with van der Waals surface area (Å²) >= 11 is 1.50. The first-order valence-electron chi connectivity index (χ1n) is 8.64. The number of amides is 1. The number of carbonyl (C=O) groups excluding carboxylic acids is 1. The molecule has 0 aliphatic heterocycles. The standard InChI is InChI=1S/C22H15N3OS/c1-13-6-7-15-8-9-16(12-19(15)23-13)21(26)25-22-24-18-11-10-14-4-2-3-5-17(14)20(18)27-22/h2-12H,1H3,(H,24,25,26). The molecule has 0 bridgehead atoms. The number of fused-ring (bicyclic) bond motifs is 4. The van der Waals surface area contributed by atoms with Crippen LogP contribution in [0.25, 0.3) is 31.9 Å². The molecule has 0 aliphatic rings. The first-order chi connectivity index (χ1) is 13.2. The van der Waals surface area contributed by atoms with E-state index >= 15 is 0 Å². The van der Waals surface area contributed by atoms with Crippen LogP contribution >= 0.6 is 11.3 Å². The second kappa shape index (κ2) is 6.14. The maximum Gasteiger partial charge on any atom is 0.257 e. The summed E-state index contributed by atoms with van der Waals surface area (Å²) in [5, 5.41) is 6.87. The first-order valence-corrected chi connectivity index (χ1v) is 9.46. The zero-order valence-corrected chi connectivity index (χ0v) is 15.4. The van der Waals surface area contributed by atoms with Crippen molar-refractivity contribution >= 4 is 54.3 Å². The molecule has 0 radical (unpaired) electrons. The monoisotopic (exact) mass is 369 g/mol. The van der Waals surface area contributed by atoms with E-state index in [0.717, 1.165) is 32.2 Å². The molecule has 5 aromatic rings. The quantitative estimate of drug-likeness (QED) is 0.443. The lowest BCUT2D eigenvalue weighted by Crippen LogP contribution is -2.11. The summed E-state index contributed by atoms with van der Waals surface area (Å²) in [5.74, 6) is -0.177. The van der Waals surface area contributed by atoms with Gasteiger partial charge in [-0.3, -0.25) is 15.1 Å². The molecule has 0 saturated carbocycles. The fourth-order valence-electron chi connectivity index (χ4n) is 3.24. The Kier molecular flexibility index (Phi) is 3.62. The average Bonchev–Trinajstić information content (AvgIpc) is 3.10. The lowest BCUT2D eigenvalue weighted by Gasteiger charge is -2.04. The highest BCUT2D eigenvalue weighted by atomic mass is 32.1. The van der Waals surface area contributed by atoms with Crippen LogP contribution in [-0.4, -0.2) is 15.9 Å². The van der Waals surface area contributed by atoms with E-state index in [4.69, 9.17) is 0 Å². The molecule has 130 valence electrons. The number of anilines is 1. The molecule has 1 amide bonds. The van der Waals surface area contributed by atoms with E-state index in [1.165, 1.54) is 16.7 Å². The van der Waals surface area contributed by atoms with Crippen LogP contribution in [0, 0.1) is 6.92 Å². The van der Waals surface area contributed by atoms with Crippen molar-refractivity contribution in [1.29, 1.82) is 0 Å². The number of hydrogen-bond donors (Lipinski definition) is 1. The summed E-state index contributed by atoms with van der Waals surface area (Å²) in [5.41, 5.74) is 3.21. The Morgan fingerprint density at radius 1 is 0.889 bits per heavy atom. The third-order valence-corrected chi connectivity index (χ3v) is 5.61. The Hall–Kier alpha value is -3.31. The van der Waals surface area contributed by atoms with Gasteiger partial charge in [-0.05, 0) is 36.6 Å². The van der Waals surface area contributed by atoms with E-state index < -0.39 is 0 Å². The Morgan fingerprint density at radius 2 is 1.70 bits per heavy atom. The molecular weight excluding hydrogens is 354 g/mol. The molecule has 5 rings (SSSR count). The smallest absolute Gasteiger partial charge is 0.257 e. The van der Waals surface area contributed by atoms with Crippen molar-refractivity contribution in [3.63, 3.8) is 0 Å². The zero-order chi connectivity index (χ0) is 18.4. The van der Waals surface area contributed by atoms with Gasteiger partial charge in [-0.15, -0.1) is 0 Å². The number of nitrogens with one attached hydrogen (secondary N) is 1. The largest absolute Gasteiger partial charge is 0.298 e. The van der Waals surface area contributed by atoms with E-state index in [9.17, 15) is 4.79 Å². The minimum absolute atomic E-state index is 0.177. The molecule has 3 aromatic carbocycles. The van der Waals surface area contributed by atoms with Crippen LogP contribution in [0.15, 0.2) is 66.7 Å². The number of thiazole rings is 1. The molecule has 0 atom stereocenters. The Balaban J connectivity index is 1.51. The minimum Gasteiger partial charge on any atom is -0.298 e. The third-order valence-electron chi connectivity index (χ3n) is 4.59. The van der Waals surface area contributed by atoms with Crippen molar-refractivity contribution in [3.05, 3.63) is 78.0 Å². The predicted octanol–water partition coefficient (Wildman–Crippen LogP) is 5.56. The maximum atomic E-state index is 12.7. The van der Waals surface area contributed by atoms with E-state index in [2.05, 4.69) is 33.5 Å². The average molecular weight is 369 g/mol. The second-order valence-corrected chi connectivity index (χ2v) is 7.47. The van der Waals surface area contributed by atoms with Crippen molar-refractivity contribution in [2.24, 2.45) is 0 Å². The van der Waals surface area contributed by atoms with Crippen LogP contribution in [-0.2, 0) is 0 Å². The Morgan fingerprint density at radius 3 is 2.63 bits per heavy atom. The van der Waals surface area contributed by atoms with Crippen molar-refractivity contribution in [1.82, 2.24) is 9.97 Å². The summed E-state index contributed by atoms with van der Waals surface area (Å²) in [6, 6.07) is 21.8. The summed E-state index contributed by atoms with van der Waals surface area (Å²) < 4.78 is 1.08. The van der Waals surface area contributed by atoms with Gasteiger partial charge in [0, 0.05) is 22.0 Å². The van der Waals surface area contributed by atoms with Gasteiger partial charge < -0.3 is 0 Å². The number of rotatable bonds is 2. The van der Waals surface area contributed by atoms with Gasteiger partial charge in [-0.1, -0.05) is 53.8 Å². The van der Waals surface area contributed by atoms with Crippen molar-refractivity contribution in [2.75, 3.05) is 5.32 Å². The van der Waals surface area contributed by atoms with Crippen molar-refractivity contribution in [2.45, 2.75) is 6.92 Å². The lowest BCUT2D eigenvalue weighted by molar-refractivity contribution is 0.102. The summed E-state index contributed by atoms with van der Waals surface area (Å²) in [6.45, 7) is 1.94. The molecule has 0 saturated heterocycles. The summed E-state index contributed by atoms with van der Waals surface area (Å²) in [6.07, 6.45) is 0. The number of aromatic nitrogens is 2. The molecule has 2 aromatic heterocycles. The van der Waals surface area contributed by atoms with Gasteiger partial charge in [-0.2, -0.15) is 0 Å². The molecule has 0 spiro atoms. The second-order valence-electron chi connectivity index (χ2n) is 6.47. The van der Waals surface area contributed by atoms with Gasteiger partial charge in [-0.25, -0.2) is 4.98 Å². The normalized spacial score (nSPS) is 11.3. The van der Waals surface area contributed by atoms with E-state index in [1.54, 1.807) is 0 Å². The first kappa shape index (κ1) is 15.9.